The lowest BCUT2D eigenvalue weighted by molar-refractivity contribution is -0.385. The van der Waals surface area contributed by atoms with E-state index in [0.29, 0.717) is 0 Å². The van der Waals surface area contributed by atoms with E-state index in [1.54, 1.807) is 0 Å². The van der Waals surface area contributed by atoms with E-state index in [1.807, 2.05) is 16.8 Å². The van der Waals surface area contributed by atoms with Gasteiger partial charge in [0.15, 0.2) is 0 Å². The molecular formula is C12H10N2O4S. The van der Waals surface area contributed by atoms with Crippen molar-refractivity contribution in [2.24, 2.45) is 0 Å². The van der Waals surface area contributed by atoms with Crippen molar-refractivity contribution in [1.82, 2.24) is 5.32 Å². The smallest absolute Gasteiger partial charge is 0.282 e. The predicted octanol–water partition coefficient (Wildman–Crippen LogP) is 2.29. The maximum atomic E-state index is 11.9. The third-order valence-electron chi connectivity index (χ3n) is 2.45. The van der Waals surface area contributed by atoms with Gasteiger partial charge in [0.1, 0.15) is 11.3 Å². The minimum Gasteiger partial charge on any atom is -0.508 e. The number of hydrogen-bond donors (Lipinski definition) is 2. The molecule has 0 unspecified atom stereocenters. The molecule has 0 aliphatic heterocycles. The Morgan fingerprint density at radius 1 is 1.42 bits per heavy atom. The van der Waals surface area contributed by atoms with Crippen molar-refractivity contribution in [2.75, 3.05) is 0 Å². The number of nitrogens with one attached hydrogen (secondary N) is 1. The van der Waals surface area contributed by atoms with Crippen molar-refractivity contribution in [2.45, 2.75) is 6.54 Å². The van der Waals surface area contributed by atoms with E-state index in [2.05, 4.69) is 5.32 Å². The molecule has 2 rings (SSSR count). The maximum absolute atomic E-state index is 11.9. The van der Waals surface area contributed by atoms with Crippen molar-refractivity contribution in [3.05, 3.63) is 56.3 Å². The highest BCUT2D eigenvalue weighted by atomic mass is 32.1. The fourth-order valence-electron chi connectivity index (χ4n) is 1.54. The van der Waals surface area contributed by atoms with Crippen molar-refractivity contribution in [1.29, 1.82) is 0 Å². The van der Waals surface area contributed by atoms with E-state index >= 15 is 0 Å². The number of hydrogen-bond acceptors (Lipinski definition) is 5. The Balaban J connectivity index is 2.18. The number of nitro benzene ring substituents is 1. The molecule has 0 fully saturated rings. The standard InChI is InChI=1S/C12H10N2O4S/c15-9-1-2-11(14(17)18)10(5-9)12(16)13-6-8-3-4-19-7-8/h1-5,7,15H,6H2,(H,13,16). The summed E-state index contributed by atoms with van der Waals surface area (Å²) in [7, 11) is 0. The van der Waals surface area contributed by atoms with Gasteiger partial charge in [-0.05, 0) is 34.5 Å². The van der Waals surface area contributed by atoms with Gasteiger partial charge in [0, 0.05) is 12.6 Å². The van der Waals surface area contributed by atoms with Crippen LogP contribution in [-0.2, 0) is 6.54 Å². The number of phenolic OH excluding ortho intramolecular Hbond substituents is 1. The molecule has 0 spiro atoms. The van der Waals surface area contributed by atoms with Gasteiger partial charge in [0.25, 0.3) is 11.6 Å². The number of carbonyl (C=O) groups excluding carboxylic acids is 1. The number of rotatable bonds is 4. The Hall–Kier alpha value is -2.41. The SMILES string of the molecule is O=C(NCc1ccsc1)c1cc(O)ccc1[N+](=O)[O-]. The molecule has 19 heavy (non-hydrogen) atoms. The summed E-state index contributed by atoms with van der Waals surface area (Å²) in [5.74, 6) is -0.778. The lowest BCUT2D eigenvalue weighted by Crippen LogP contribution is -2.23. The van der Waals surface area contributed by atoms with Gasteiger partial charge in [-0.15, -0.1) is 0 Å². The Morgan fingerprint density at radius 2 is 2.21 bits per heavy atom. The van der Waals surface area contributed by atoms with Gasteiger partial charge >= 0.3 is 0 Å². The van der Waals surface area contributed by atoms with Crippen LogP contribution in [0.3, 0.4) is 0 Å². The molecule has 0 aliphatic rings. The van der Waals surface area contributed by atoms with Crippen LogP contribution in [-0.4, -0.2) is 15.9 Å². The fourth-order valence-corrected chi connectivity index (χ4v) is 2.20. The Labute approximate surface area is 112 Å². The summed E-state index contributed by atoms with van der Waals surface area (Å²) >= 11 is 1.50. The van der Waals surface area contributed by atoms with Crippen LogP contribution in [0, 0.1) is 10.1 Å². The molecule has 1 amide bonds. The lowest BCUT2D eigenvalue weighted by Gasteiger charge is -2.05. The second-order valence-electron chi connectivity index (χ2n) is 3.77. The van der Waals surface area contributed by atoms with Gasteiger partial charge in [-0.3, -0.25) is 14.9 Å². The normalized spacial score (nSPS) is 10.1. The monoisotopic (exact) mass is 278 g/mol. The molecule has 6 nitrogen and oxygen atoms in total. The van der Waals surface area contributed by atoms with Gasteiger partial charge in [0.05, 0.1) is 4.92 Å². The molecule has 0 atom stereocenters. The molecule has 2 aromatic rings. The van der Waals surface area contributed by atoms with Crippen LogP contribution >= 0.6 is 11.3 Å². The molecule has 1 aromatic carbocycles. The molecule has 1 aromatic heterocycles. The number of thiophene rings is 1. The molecule has 98 valence electrons. The third-order valence-corrected chi connectivity index (χ3v) is 3.19. The van der Waals surface area contributed by atoms with E-state index in [-0.39, 0.29) is 23.5 Å². The highest BCUT2D eigenvalue weighted by molar-refractivity contribution is 7.07. The molecule has 0 saturated carbocycles. The number of phenols is 1. The highest BCUT2D eigenvalue weighted by Gasteiger charge is 2.20. The minimum atomic E-state index is -0.654. The summed E-state index contributed by atoms with van der Waals surface area (Å²) in [6.07, 6.45) is 0. The molecule has 2 N–H and O–H groups in total. The number of nitrogens with zero attached hydrogens (tertiary/aromatic N) is 1. The van der Waals surface area contributed by atoms with E-state index < -0.39 is 10.8 Å². The fraction of sp³-hybridized carbons (Fsp3) is 0.0833. The van der Waals surface area contributed by atoms with E-state index in [1.165, 1.54) is 17.4 Å². The predicted molar refractivity (Wildman–Crippen MR) is 70.3 cm³/mol. The number of carbonyl (C=O) groups is 1. The summed E-state index contributed by atoms with van der Waals surface area (Å²) in [4.78, 5) is 22.1. The molecule has 1 heterocycles. The van der Waals surface area contributed by atoms with Gasteiger partial charge in [-0.1, -0.05) is 0 Å². The first-order valence-corrected chi connectivity index (χ1v) is 6.29. The van der Waals surface area contributed by atoms with Crippen molar-refractivity contribution < 1.29 is 14.8 Å². The van der Waals surface area contributed by atoms with Crippen molar-refractivity contribution in [3.63, 3.8) is 0 Å². The molecule has 0 bridgehead atoms. The van der Waals surface area contributed by atoms with Gasteiger partial charge in [-0.2, -0.15) is 11.3 Å². The largest absolute Gasteiger partial charge is 0.508 e. The first-order chi connectivity index (χ1) is 9.08. The maximum Gasteiger partial charge on any atom is 0.282 e. The average molecular weight is 278 g/mol. The Bertz CT molecular complexity index is 610. The van der Waals surface area contributed by atoms with Gasteiger partial charge in [-0.25, -0.2) is 0 Å². The second kappa shape index (κ2) is 5.49. The van der Waals surface area contributed by atoms with Crippen LogP contribution < -0.4 is 5.32 Å². The zero-order chi connectivity index (χ0) is 13.8. The minimum absolute atomic E-state index is 0.153. The van der Waals surface area contributed by atoms with Crippen molar-refractivity contribution in [3.8, 4) is 5.75 Å². The zero-order valence-corrected chi connectivity index (χ0v) is 10.5. The average Bonchev–Trinajstić information content (AvgIpc) is 2.88. The Morgan fingerprint density at radius 3 is 2.84 bits per heavy atom. The van der Waals surface area contributed by atoms with Crippen LogP contribution in [0.1, 0.15) is 15.9 Å². The zero-order valence-electron chi connectivity index (χ0n) is 9.70. The first-order valence-electron chi connectivity index (χ1n) is 5.34. The van der Waals surface area contributed by atoms with Gasteiger partial charge in [0.2, 0.25) is 0 Å². The molecular weight excluding hydrogens is 268 g/mol. The Kier molecular flexibility index (Phi) is 3.76. The third kappa shape index (κ3) is 3.08. The summed E-state index contributed by atoms with van der Waals surface area (Å²) in [6, 6.07) is 5.21. The number of benzene rings is 1. The van der Waals surface area contributed by atoms with Crippen LogP contribution in [0.5, 0.6) is 5.75 Å². The summed E-state index contributed by atoms with van der Waals surface area (Å²) < 4.78 is 0. The lowest BCUT2D eigenvalue weighted by atomic mass is 10.1. The van der Waals surface area contributed by atoms with Gasteiger partial charge < -0.3 is 10.4 Å². The van der Waals surface area contributed by atoms with Crippen LogP contribution in [0.15, 0.2) is 35.0 Å². The van der Waals surface area contributed by atoms with Crippen LogP contribution in [0.4, 0.5) is 5.69 Å². The topological polar surface area (TPSA) is 92.5 Å². The number of aromatic hydroxyl groups is 1. The number of amides is 1. The summed E-state index contributed by atoms with van der Waals surface area (Å²) in [5, 5.41) is 26.5. The first kappa shape index (κ1) is 13.0. The van der Waals surface area contributed by atoms with E-state index in [9.17, 15) is 20.0 Å². The second-order valence-corrected chi connectivity index (χ2v) is 4.55. The molecule has 0 saturated heterocycles. The van der Waals surface area contributed by atoms with E-state index in [4.69, 9.17) is 0 Å². The van der Waals surface area contributed by atoms with Crippen molar-refractivity contribution >= 4 is 22.9 Å². The summed E-state index contributed by atoms with van der Waals surface area (Å²) in [6.45, 7) is 0.287. The summed E-state index contributed by atoms with van der Waals surface area (Å²) in [5.41, 5.74) is 0.432. The highest BCUT2D eigenvalue weighted by Crippen LogP contribution is 2.23. The molecule has 0 aliphatic carbocycles. The van der Waals surface area contributed by atoms with Crippen LogP contribution in [0.2, 0.25) is 0 Å². The molecule has 7 heteroatoms. The number of nitro groups is 1. The quantitative estimate of drug-likeness (QED) is 0.663. The van der Waals surface area contributed by atoms with Crippen LogP contribution in [0.25, 0.3) is 0 Å². The van der Waals surface area contributed by atoms with E-state index in [0.717, 1.165) is 17.7 Å². The molecule has 0 radical (unpaired) electrons.